The summed E-state index contributed by atoms with van der Waals surface area (Å²) in [6.45, 7) is 2.65. The van der Waals surface area contributed by atoms with E-state index in [9.17, 15) is 0 Å². The Labute approximate surface area is 40.9 Å². The van der Waals surface area contributed by atoms with Gasteiger partial charge < -0.3 is 5.73 Å². The summed E-state index contributed by atoms with van der Waals surface area (Å²) in [6.07, 6.45) is 0. The smallest absolute Gasteiger partial charge is 0 e. The van der Waals surface area contributed by atoms with Gasteiger partial charge in [0.1, 0.15) is 0 Å². The lowest BCUT2D eigenvalue weighted by Crippen LogP contribution is -1.87. The van der Waals surface area contributed by atoms with Crippen molar-refractivity contribution in [2.24, 2.45) is 5.73 Å². The molecule has 0 aromatic heterocycles. The number of rotatable bonds is 0. The third-order valence-corrected chi connectivity index (χ3v) is 0. The van der Waals surface area contributed by atoms with E-state index in [-0.39, 0.29) is 20.8 Å². The van der Waals surface area contributed by atoms with Crippen molar-refractivity contribution in [2.45, 2.75) is 6.92 Å². The van der Waals surface area contributed by atoms with Crippen LogP contribution in [-0.4, -0.2) is 15.0 Å². The van der Waals surface area contributed by atoms with Crippen molar-refractivity contribution in [2.75, 3.05) is 6.54 Å². The molecule has 0 unspecified atom stereocenters. The number of nitrogens with two attached hydrogens (primary N) is 1. The minimum atomic E-state index is 0. The average Bonchev–Trinajstić information content (AvgIpc) is 0.918. The Hall–Kier alpha value is 0.315. The molecule has 0 aliphatic heterocycles. The summed E-state index contributed by atoms with van der Waals surface area (Å²) in [5, 5.41) is 0. The highest BCUT2D eigenvalue weighted by molar-refractivity contribution is 5.85. The Morgan fingerprint density at radius 2 is 1.60 bits per heavy atom. The van der Waals surface area contributed by atoms with Crippen LogP contribution in [0.15, 0.2) is 0 Å². The highest BCUT2D eigenvalue weighted by atomic mass is 35.5. The molecule has 2 N–H and O–H groups in total. The van der Waals surface area contributed by atoms with Gasteiger partial charge >= 0.3 is 0 Å². The first-order valence-corrected chi connectivity index (χ1v) is 1.12. The Morgan fingerprint density at radius 1 is 1.60 bits per heavy atom. The van der Waals surface area contributed by atoms with E-state index in [1.807, 2.05) is 6.92 Å². The summed E-state index contributed by atoms with van der Waals surface area (Å²) in [5.41, 5.74) is 4.85. The first kappa shape index (κ1) is 18.5. The molecule has 0 aromatic rings. The fraction of sp³-hybridized carbons (Fsp3) is 1.00. The zero-order chi connectivity index (χ0) is 2.71. The Balaban J connectivity index is -0.0000000200. The van der Waals surface area contributed by atoms with Crippen LogP contribution in [0.25, 0.3) is 0 Å². The van der Waals surface area contributed by atoms with Crippen molar-refractivity contribution < 1.29 is 0 Å². The van der Waals surface area contributed by atoms with Crippen LogP contribution in [0.3, 0.4) is 0 Å². The van der Waals surface area contributed by atoms with E-state index in [1.165, 1.54) is 0 Å². The SMILES string of the molecule is CCN.Cl.[B]. The molecule has 0 atom stereocenters. The molecule has 0 saturated heterocycles. The van der Waals surface area contributed by atoms with Crippen LogP contribution in [0.1, 0.15) is 6.92 Å². The van der Waals surface area contributed by atoms with Crippen molar-refractivity contribution in [3.05, 3.63) is 0 Å². The van der Waals surface area contributed by atoms with Gasteiger partial charge in [0.05, 0.1) is 0 Å². The zero-order valence-electron chi connectivity index (χ0n) is 3.27. The maximum Gasteiger partial charge on any atom is 0 e. The van der Waals surface area contributed by atoms with Gasteiger partial charge in [-0.15, -0.1) is 12.4 Å². The predicted molar refractivity (Wildman–Crippen MR) is 27.7 cm³/mol. The van der Waals surface area contributed by atoms with E-state index in [4.69, 9.17) is 5.73 Å². The molecule has 0 bridgehead atoms. The Kier molecular flexibility index (Phi) is 101. The fourth-order valence-corrected chi connectivity index (χ4v) is 0. The van der Waals surface area contributed by atoms with Crippen molar-refractivity contribution in [1.29, 1.82) is 0 Å². The van der Waals surface area contributed by atoms with Crippen LogP contribution in [0, 0.1) is 0 Å². The summed E-state index contributed by atoms with van der Waals surface area (Å²) >= 11 is 0. The molecule has 31 valence electrons. The van der Waals surface area contributed by atoms with Crippen molar-refractivity contribution in [1.82, 2.24) is 0 Å². The molecule has 0 aliphatic carbocycles. The quantitative estimate of drug-likeness (QED) is 0.418. The van der Waals surface area contributed by atoms with Crippen LogP contribution in [0.2, 0.25) is 0 Å². The van der Waals surface area contributed by atoms with E-state index in [0.717, 1.165) is 6.54 Å². The van der Waals surface area contributed by atoms with Gasteiger partial charge in [-0.05, 0) is 6.54 Å². The lowest BCUT2D eigenvalue weighted by atomic mass is 10.8. The molecule has 1 nitrogen and oxygen atoms in total. The van der Waals surface area contributed by atoms with Gasteiger partial charge in [-0.1, -0.05) is 6.92 Å². The normalized spacial score (nSPS) is 3.60. The lowest BCUT2D eigenvalue weighted by Gasteiger charge is -1.53. The third kappa shape index (κ3) is 233. The number of hydrogen-bond donors (Lipinski definition) is 1. The first-order valence-electron chi connectivity index (χ1n) is 1.12. The molecular weight excluding hydrogens is 84.3 g/mol. The zero-order valence-corrected chi connectivity index (χ0v) is 4.09. The molecule has 0 saturated carbocycles. The van der Waals surface area contributed by atoms with Crippen LogP contribution in [0.4, 0.5) is 0 Å². The molecule has 0 spiro atoms. The van der Waals surface area contributed by atoms with Crippen molar-refractivity contribution in [3.8, 4) is 0 Å². The standard InChI is InChI=1S/C2H7N.B.ClH/c1-2-3;;/h2-3H2,1H3;;1H. The minimum Gasteiger partial charge on any atom is -0.331 e. The molecule has 0 aliphatic rings. The topological polar surface area (TPSA) is 26.0 Å². The molecular formula is C2H8BClN. The molecule has 0 amide bonds. The van der Waals surface area contributed by atoms with E-state index < -0.39 is 0 Å². The maximum atomic E-state index is 4.85. The molecule has 0 aromatic carbocycles. The minimum absolute atomic E-state index is 0. The Bertz CT molecular complexity index is 9.61. The summed E-state index contributed by atoms with van der Waals surface area (Å²) in [6, 6.07) is 0. The highest BCUT2D eigenvalue weighted by Gasteiger charge is 1.32. The van der Waals surface area contributed by atoms with Gasteiger partial charge in [0.15, 0.2) is 0 Å². The van der Waals surface area contributed by atoms with Crippen molar-refractivity contribution in [3.63, 3.8) is 0 Å². The monoisotopic (exact) mass is 92.0 g/mol. The summed E-state index contributed by atoms with van der Waals surface area (Å²) in [4.78, 5) is 0. The molecule has 3 heteroatoms. The van der Waals surface area contributed by atoms with Crippen molar-refractivity contribution >= 4 is 20.8 Å². The lowest BCUT2D eigenvalue weighted by molar-refractivity contribution is 1.14. The molecule has 3 radical (unpaired) electrons. The summed E-state index contributed by atoms with van der Waals surface area (Å²) in [5.74, 6) is 0. The second kappa shape index (κ2) is 27.4. The van der Waals surface area contributed by atoms with E-state index in [1.54, 1.807) is 0 Å². The van der Waals surface area contributed by atoms with Gasteiger partial charge in [0.25, 0.3) is 0 Å². The Morgan fingerprint density at radius 3 is 1.60 bits per heavy atom. The van der Waals surface area contributed by atoms with Gasteiger partial charge in [0.2, 0.25) is 0 Å². The van der Waals surface area contributed by atoms with Gasteiger partial charge in [-0.25, -0.2) is 0 Å². The molecule has 0 heterocycles. The van der Waals surface area contributed by atoms with E-state index in [2.05, 4.69) is 0 Å². The first-order chi connectivity index (χ1) is 1.41. The van der Waals surface area contributed by atoms with Gasteiger partial charge in [-0.3, -0.25) is 0 Å². The average molecular weight is 92.4 g/mol. The van der Waals surface area contributed by atoms with Crippen LogP contribution < -0.4 is 5.73 Å². The second-order valence-corrected chi connectivity index (χ2v) is 0.408. The summed E-state index contributed by atoms with van der Waals surface area (Å²) < 4.78 is 0. The highest BCUT2D eigenvalue weighted by Crippen LogP contribution is 1.20. The number of hydrogen-bond acceptors (Lipinski definition) is 1. The van der Waals surface area contributed by atoms with E-state index >= 15 is 0 Å². The van der Waals surface area contributed by atoms with Crippen LogP contribution in [0.5, 0.6) is 0 Å². The molecule has 0 fully saturated rings. The van der Waals surface area contributed by atoms with Crippen LogP contribution in [-0.2, 0) is 0 Å². The molecule has 5 heavy (non-hydrogen) atoms. The fourth-order valence-electron chi connectivity index (χ4n) is 0. The summed E-state index contributed by atoms with van der Waals surface area (Å²) in [7, 11) is 0. The largest absolute Gasteiger partial charge is 0.331 e. The second-order valence-electron chi connectivity index (χ2n) is 0.408. The van der Waals surface area contributed by atoms with Crippen LogP contribution >= 0.6 is 12.4 Å². The number of halogens is 1. The van der Waals surface area contributed by atoms with Gasteiger partial charge in [0, 0.05) is 8.41 Å². The van der Waals surface area contributed by atoms with E-state index in [0.29, 0.717) is 0 Å². The van der Waals surface area contributed by atoms with Gasteiger partial charge in [-0.2, -0.15) is 0 Å². The maximum absolute atomic E-state index is 4.85. The molecule has 0 rings (SSSR count). The predicted octanol–water partition coefficient (Wildman–Crippen LogP) is 0.00600. The third-order valence-electron chi connectivity index (χ3n) is 0.